The van der Waals surface area contributed by atoms with Gasteiger partial charge in [0.15, 0.2) is 0 Å². The summed E-state index contributed by atoms with van der Waals surface area (Å²) < 4.78 is 26.6. The Labute approximate surface area is 91.7 Å². The normalized spacial score (nSPS) is 11.4. The summed E-state index contributed by atoms with van der Waals surface area (Å²) in [4.78, 5) is 0. The van der Waals surface area contributed by atoms with Gasteiger partial charge in [0.2, 0.25) is 0 Å². The lowest BCUT2D eigenvalue weighted by Crippen LogP contribution is -1.90. The molecule has 1 aromatic heterocycles. The van der Waals surface area contributed by atoms with E-state index in [2.05, 4.69) is 15.9 Å². The number of hydrogen-bond donors (Lipinski definition) is 1. The summed E-state index contributed by atoms with van der Waals surface area (Å²) in [6, 6.07) is 3.55. The van der Waals surface area contributed by atoms with Crippen molar-refractivity contribution in [3.05, 3.63) is 27.5 Å². The highest BCUT2D eigenvalue weighted by molar-refractivity contribution is 9.10. The van der Waals surface area contributed by atoms with E-state index < -0.39 is 6.43 Å². The molecule has 0 aliphatic heterocycles. The summed E-state index contributed by atoms with van der Waals surface area (Å²) >= 11 is 4.50. The first kappa shape index (κ1) is 9.86. The first-order chi connectivity index (χ1) is 6.61. The highest BCUT2D eigenvalue weighted by Crippen LogP contribution is 2.39. The number of thiophene rings is 1. The summed E-state index contributed by atoms with van der Waals surface area (Å²) in [6.07, 6.45) is -2.47. The largest absolute Gasteiger partial charge is 0.397 e. The van der Waals surface area contributed by atoms with Crippen LogP contribution in [0.3, 0.4) is 0 Å². The van der Waals surface area contributed by atoms with Crippen molar-refractivity contribution in [3.8, 4) is 0 Å². The van der Waals surface area contributed by atoms with Gasteiger partial charge in [-0.05, 0) is 28.1 Å². The third-order valence-corrected chi connectivity index (χ3v) is 3.65. The predicted octanol–water partition coefficient (Wildman–Crippen LogP) is 4.18. The Balaban J connectivity index is 2.82. The monoisotopic (exact) mass is 277 g/mol. The summed E-state index contributed by atoms with van der Waals surface area (Å²) in [6.45, 7) is 0. The fourth-order valence-corrected chi connectivity index (χ4v) is 2.61. The summed E-state index contributed by atoms with van der Waals surface area (Å²) in [5, 5.41) is 1.93. The number of halogens is 3. The Bertz CT molecular complexity index is 481. The molecule has 0 radical (unpaired) electrons. The molecule has 0 aliphatic rings. The van der Waals surface area contributed by atoms with E-state index in [0.717, 1.165) is 4.70 Å². The van der Waals surface area contributed by atoms with E-state index in [9.17, 15) is 8.78 Å². The molecule has 1 aromatic carbocycles. The van der Waals surface area contributed by atoms with E-state index in [-0.39, 0.29) is 5.56 Å². The molecule has 1 heterocycles. The number of alkyl halides is 2. The Morgan fingerprint density at radius 1 is 1.36 bits per heavy atom. The maximum Gasteiger partial charge on any atom is 0.265 e. The van der Waals surface area contributed by atoms with Crippen LogP contribution in [-0.4, -0.2) is 0 Å². The van der Waals surface area contributed by atoms with Gasteiger partial charge in [-0.15, -0.1) is 11.3 Å². The number of rotatable bonds is 1. The Morgan fingerprint density at radius 3 is 2.71 bits per heavy atom. The van der Waals surface area contributed by atoms with Crippen LogP contribution < -0.4 is 5.73 Å². The lowest BCUT2D eigenvalue weighted by Gasteiger charge is -2.02. The second kappa shape index (κ2) is 3.47. The van der Waals surface area contributed by atoms with Gasteiger partial charge >= 0.3 is 0 Å². The van der Waals surface area contributed by atoms with Crippen LogP contribution in [0.4, 0.5) is 14.5 Å². The third kappa shape index (κ3) is 1.40. The molecule has 2 rings (SSSR count). The molecule has 0 aliphatic carbocycles. The zero-order chi connectivity index (χ0) is 10.3. The molecule has 2 aromatic rings. The summed E-state index contributed by atoms with van der Waals surface area (Å²) in [5.41, 5.74) is 6.13. The van der Waals surface area contributed by atoms with Crippen LogP contribution in [0.25, 0.3) is 10.1 Å². The molecule has 0 spiro atoms. The molecular weight excluding hydrogens is 272 g/mol. The second-order valence-corrected chi connectivity index (χ2v) is 4.59. The van der Waals surface area contributed by atoms with Gasteiger partial charge in [-0.3, -0.25) is 0 Å². The minimum Gasteiger partial charge on any atom is -0.397 e. The average Bonchev–Trinajstić information content (AvgIpc) is 2.55. The van der Waals surface area contributed by atoms with Gasteiger partial charge in [0.25, 0.3) is 6.43 Å². The minimum absolute atomic E-state index is 0.0174. The number of nitrogen functional groups attached to an aromatic ring is 1. The van der Waals surface area contributed by atoms with Crippen LogP contribution in [0.1, 0.15) is 12.0 Å². The Hall–Kier alpha value is -0.680. The lowest BCUT2D eigenvalue weighted by atomic mass is 10.1. The van der Waals surface area contributed by atoms with E-state index in [1.807, 2.05) is 0 Å². The molecule has 0 atom stereocenters. The van der Waals surface area contributed by atoms with Crippen molar-refractivity contribution in [2.24, 2.45) is 0 Å². The van der Waals surface area contributed by atoms with Crippen molar-refractivity contribution in [3.63, 3.8) is 0 Å². The van der Waals surface area contributed by atoms with Gasteiger partial charge in [0.1, 0.15) is 0 Å². The van der Waals surface area contributed by atoms with Gasteiger partial charge in [-0.1, -0.05) is 0 Å². The topological polar surface area (TPSA) is 26.0 Å². The van der Waals surface area contributed by atoms with Crippen LogP contribution in [0.15, 0.2) is 22.0 Å². The molecule has 0 saturated heterocycles. The van der Waals surface area contributed by atoms with Gasteiger partial charge in [0.05, 0.1) is 5.69 Å². The first-order valence-electron chi connectivity index (χ1n) is 3.84. The fourth-order valence-electron chi connectivity index (χ4n) is 1.32. The Kier molecular flexibility index (Phi) is 2.45. The number of nitrogens with two attached hydrogens (primary N) is 1. The first-order valence-corrected chi connectivity index (χ1v) is 5.51. The van der Waals surface area contributed by atoms with Crippen molar-refractivity contribution in [2.45, 2.75) is 6.43 Å². The Morgan fingerprint density at radius 2 is 2.07 bits per heavy atom. The van der Waals surface area contributed by atoms with Crippen LogP contribution >= 0.6 is 27.3 Å². The van der Waals surface area contributed by atoms with E-state index in [0.29, 0.717) is 15.5 Å². The molecule has 0 saturated carbocycles. The number of benzene rings is 1. The lowest BCUT2D eigenvalue weighted by molar-refractivity contribution is 0.153. The van der Waals surface area contributed by atoms with E-state index >= 15 is 0 Å². The van der Waals surface area contributed by atoms with Crippen molar-refractivity contribution >= 4 is 43.0 Å². The van der Waals surface area contributed by atoms with Crippen LogP contribution in [0, 0.1) is 0 Å². The quantitative estimate of drug-likeness (QED) is 0.778. The molecule has 74 valence electrons. The maximum atomic E-state index is 12.6. The molecule has 0 fully saturated rings. The molecule has 0 unspecified atom stereocenters. The summed E-state index contributed by atoms with van der Waals surface area (Å²) in [5.74, 6) is 0. The summed E-state index contributed by atoms with van der Waals surface area (Å²) in [7, 11) is 0. The fraction of sp³-hybridized carbons (Fsp3) is 0.111. The second-order valence-electron chi connectivity index (χ2n) is 2.83. The van der Waals surface area contributed by atoms with E-state index in [1.54, 1.807) is 12.1 Å². The molecule has 1 nitrogen and oxygen atoms in total. The van der Waals surface area contributed by atoms with Crippen LogP contribution in [0.5, 0.6) is 0 Å². The van der Waals surface area contributed by atoms with Crippen molar-refractivity contribution in [1.29, 1.82) is 0 Å². The third-order valence-electron chi connectivity index (χ3n) is 1.99. The van der Waals surface area contributed by atoms with Crippen LogP contribution in [-0.2, 0) is 0 Å². The van der Waals surface area contributed by atoms with E-state index in [1.165, 1.54) is 16.7 Å². The van der Waals surface area contributed by atoms with Gasteiger partial charge in [0, 0.05) is 25.5 Å². The van der Waals surface area contributed by atoms with Gasteiger partial charge in [-0.25, -0.2) is 8.78 Å². The van der Waals surface area contributed by atoms with Crippen molar-refractivity contribution < 1.29 is 8.78 Å². The average molecular weight is 278 g/mol. The number of hydrogen-bond acceptors (Lipinski definition) is 2. The molecule has 5 heteroatoms. The number of fused-ring (bicyclic) bond motifs is 1. The molecule has 0 bridgehead atoms. The van der Waals surface area contributed by atoms with Gasteiger partial charge < -0.3 is 5.73 Å². The standard InChI is InChI=1S/C9H6BrF2NS/c10-5-1-2-6-7(8(5)13)4(3-14-6)9(11)12/h1-3,9H,13H2. The SMILES string of the molecule is Nc1c(Br)ccc2scc(C(F)F)c12. The highest BCUT2D eigenvalue weighted by Gasteiger charge is 2.16. The van der Waals surface area contributed by atoms with Crippen molar-refractivity contribution in [1.82, 2.24) is 0 Å². The predicted molar refractivity (Wildman–Crippen MR) is 58.9 cm³/mol. The number of anilines is 1. The molecular formula is C9H6BrF2NS. The zero-order valence-corrected chi connectivity index (χ0v) is 9.33. The molecule has 14 heavy (non-hydrogen) atoms. The maximum absolute atomic E-state index is 12.6. The molecule has 0 amide bonds. The van der Waals surface area contributed by atoms with Crippen LogP contribution in [0.2, 0.25) is 0 Å². The minimum atomic E-state index is -2.47. The highest BCUT2D eigenvalue weighted by atomic mass is 79.9. The van der Waals surface area contributed by atoms with Gasteiger partial charge in [-0.2, -0.15) is 0 Å². The smallest absolute Gasteiger partial charge is 0.265 e. The van der Waals surface area contributed by atoms with E-state index in [4.69, 9.17) is 5.73 Å². The molecule has 2 N–H and O–H groups in total. The van der Waals surface area contributed by atoms with Crippen molar-refractivity contribution in [2.75, 3.05) is 5.73 Å². The zero-order valence-electron chi connectivity index (χ0n) is 6.93.